The molecule has 1 saturated carbocycles. The highest BCUT2D eigenvalue weighted by atomic mass is 19.1. The van der Waals surface area contributed by atoms with E-state index in [0.29, 0.717) is 19.0 Å². The number of amides is 2. The third-order valence-corrected chi connectivity index (χ3v) is 3.60. The normalized spacial score (nSPS) is 23.9. The van der Waals surface area contributed by atoms with E-state index in [1.165, 1.54) is 12.1 Å². The van der Waals surface area contributed by atoms with Gasteiger partial charge in [0.2, 0.25) is 0 Å². The number of hydrogen-bond acceptors (Lipinski definition) is 4. The molecule has 2 fully saturated rings. The molecule has 0 radical (unpaired) electrons. The van der Waals surface area contributed by atoms with Gasteiger partial charge in [-0.05, 0) is 25.0 Å². The summed E-state index contributed by atoms with van der Waals surface area (Å²) in [7, 11) is 0. The number of halogens is 1. The number of pyridine rings is 1. The van der Waals surface area contributed by atoms with Crippen LogP contribution in [0.3, 0.4) is 0 Å². The minimum atomic E-state index is -0.673. The maximum Gasteiger partial charge on any atom is 0.320 e. The number of aromatic nitrogens is 1. The minimum Gasteiger partial charge on any atom is -0.346 e. The summed E-state index contributed by atoms with van der Waals surface area (Å²) in [5, 5.41) is 5.40. The van der Waals surface area contributed by atoms with Crippen LogP contribution in [0.2, 0.25) is 0 Å². The van der Waals surface area contributed by atoms with Crippen LogP contribution < -0.4 is 10.6 Å². The molecule has 2 heterocycles. The van der Waals surface area contributed by atoms with E-state index in [0.717, 1.165) is 25.5 Å². The molecule has 1 atom stereocenters. The average molecular weight is 281 g/mol. The van der Waals surface area contributed by atoms with E-state index in [9.17, 15) is 9.18 Å². The molecule has 6 nitrogen and oxygen atoms in total. The zero-order valence-electron chi connectivity index (χ0n) is 10.9. The lowest BCUT2D eigenvalue weighted by Crippen LogP contribution is -2.51. The molecule has 1 unspecified atom stereocenters. The summed E-state index contributed by atoms with van der Waals surface area (Å²) >= 11 is 0. The van der Waals surface area contributed by atoms with E-state index >= 15 is 0 Å². The molecule has 0 aromatic carbocycles. The zero-order chi connectivity index (χ0) is 14.0. The molecule has 1 aromatic heterocycles. The molecule has 2 N–H and O–H groups in total. The van der Waals surface area contributed by atoms with Crippen LogP contribution in [0.5, 0.6) is 0 Å². The number of urea groups is 1. The molecule has 0 bridgehead atoms. The maximum absolute atomic E-state index is 12.7. The van der Waals surface area contributed by atoms with Gasteiger partial charge < -0.3 is 14.8 Å². The van der Waals surface area contributed by atoms with Crippen molar-refractivity contribution in [2.24, 2.45) is 0 Å². The van der Waals surface area contributed by atoms with Crippen molar-refractivity contribution in [1.82, 2.24) is 10.3 Å². The van der Waals surface area contributed by atoms with Gasteiger partial charge in [-0.3, -0.25) is 5.32 Å². The monoisotopic (exact) mass is 281 g/mol. The number of ether oxygens (including phenoxy) is 2. The summed E-state index contributed by atoms with van der Waals surface area (Å²) in [5.74, 6) is -0.823. The van der Waals surface area contributed by atoms with Gasteiger partial charge in [-0.1, -0.05) is 0 Å². The predicted molar refractivity (Wildman–Crippen MR) is 68.6 cm³/mol. The Labute approximate surface area is 115 Å². The highest BCUT2D eigenvalue weighted by molar-refractivity contribution is 5.88. The van der Waals surface area contributed by atoms with E-state index in [-0.39, 0.29) is 6.04 Å². The number of anilines is 1. The fourth-order valence-electron chi connectivity index (χ4n) is 2.71. The van der Waals surface area contributed by atoms with Crippen molar-refractivity contribution in [1.29, 1.82) is 0 Å². The van der Waals surface area contributed by atoms with Crippen LogP contribution >= 0.6 is 0 Å². The van der Waals surface area contributed by atoms with E-state index < -0.39 is 17.6 Å². The van der Waals surface area contributed by atoms with Crippen molar-refractivity contribution < 1.29 is 18.7 Å². The van der Waals surface area contributed by atoms with Gasteiger partial charge in [0.15, 0.2) is 5.79 Å². The number of hydrogen-bond donors (Lipinski definition) is 2. The molecule has 7 heteroatoms. The highest BCUT2D eigenvalue weighted by Crippen LogP contribution is 2.37. The molecule has 20 heavy (non-hydrogen) atoms. The molecule has 1 saturated heterocycles. The molecule has 2 amide bonds. The Hall–Kier alpha value is -1.73. The number of carbonyl (C=O) groups excluding carboxylic acids is 1. The Morgan fingerprint density at radius 2 is 2.20 bits per heavy atom. The van der Waals surface area contributed by atoms with Crippen molar-refractivity contribution in [2.75, 3.05) is 18.5 Å². The van der Waals surface area contributed by atoms with Crippen LogP contribution in [0.4, 0.5) is 15.0 Å². The molecule has 3 rings (SSSR count). The number of nitrogens with zero attached hydrogens (tertiary/aromatic N) is 1. The molecule has 1 aliphatic heterocycles. The molecule has 2 aliphatic rings. The summed E-state index contributed by atoms with van der Waals surface area (Å²) in [4.78, 5) is 15.7. The first kappa shape index (κ1) is 13.3. The Morgan fingerprint density at radius 1 is 1.40 bits per heavy atom. The minimum absolute atomic E-state index is 0.176. The number of rotatable bonds is 2. The Morgan fingerprint density at radius 3 is 2.90 bits per heavy atom. The zero-order valence-corrected chi connectivity index (χ0v) is 10.9. The standard InChI is InChI=1S/C13H16FN3O3/c14-9-3-4-11(15-8-9)17-12(18)16-10-2-1-5-13(10)19-6-7-20-13/h3-4,8,10H,1-2,5-7H2,(H2,15,16,17,18). The van der Waals surface area contributed by atoms with Gasteiger partial charge in [-0.15, -0.1) is 0 Å². The lowest BCUT2D eigenvalue weighted by Gasteiger charge is -2.29. The van der Waals surface area contributed by atoms with Crippen molar-refractivity contribution in [3.8, 4) is 0 Å². The third-order valence-electron chi connectivity index (χ3n) is 3.60. The summed E-state index contributed by atoms with van der Waals surface area (Å²) in [6.07, 6.45) is 3.59. The summed E-state index contributed by atoms with van der Waals surface area (Å²) in [5.41, 5.74) is 0. The lowest BCUT2D eigenvalue weighted by atomic mass is 10.1. The van der Waals surface area contributed by atoms with Crippen molar-refractivity contribution >= 4 is 11.8 Å². The molecular weight excluding hydrogens is 265 g/mol. The fourth-order valence-corrected chi connectivity index (χ4v) is 2.71. The molecular formula is C13H16FN3O3. The van der Waals surface area contributed by atoms with Crippen molar-refractivity contribution in [2.45, 2.75) is 31.1 Å². The largest absolute Gasteiger partial charge is 0.346 e. The topological polar surface area (TPSA) is 72.5 Å². The van der Waals surface area contributed by atoms with Gasteiger partial charge in [0.1, 0.15) is 11.6 Å². The maximum atomic E-state index is 12.7. The molecule has 1 aromatic rings. The van der Waals surface area contributed by atoms with Gasteiger partial charge in [0.25, 0.3) is 0 Å². The second-order valence-electron chi connectivity index (χ2n) is 4.91. The third kappa shape index (κ3) is 2.59. The number of nitrogens with one attached hydrogen (secondary N) is 2. The van der Waals surface area contributed by atoms with Gasteiger partial charge >= 0.3 is 6.03 Å². The molecule has 1 aliphatic carbocycles. The SMILES string of the molecule is O=C(Nc1ccc(F)cn1)NC1CCCC12OCCO2. The second-order valence-corrected chi connectivity index (χ2v) is 4.91. The first-order chi connectivity index (χ1) is 9.68. The summed E-state index contributed by atoms with van der Waals surface area (Å²) < 4.78 is 24.0. The van der Waals surface area contributed by atoms with Gasteiger partial charge in [0, 0.05) is 6.42 Å². The van der Waals surface area contributed by atoms with Crippen LogP contribution in [0.1, 0.15) is 19.3 Å². The van der Waals surface area contributed by atoms with E-state index in [2.05, 4.69) is 15.6 Å². The van der Waals surface area contributed by atoms with E-state index in [1.54, 1.807) is 0 Å². The van der Waals surface area contributed by atoms with Crippen LogP contribution in [0, 0.1) is 5.82 Å². The average Bonchev–Trinajstić information content (AvgIpc) is 3.05. The van der Waals surface area contributed by atoms with Crippen LogP contribution in [0.25, 0.3) is 0 Å². The highest BCUT2D eigenvalue weighted by Gasteiger charge is 2.48. The Balaban J connectivity index is 1.60. The Bertz CT molecular complexity index is 483. The first-order valence-electron chi connectivity index (χ1n) is 6.65. The quantitative estimate of drug-likeness (QED) is 0.864. The van der Waals surface area contributed by atoms with Crippen LogP contribution in [-0.4, -0.2) is 36.1 Å². The molecule has 108 valence electrons. The second kappa shape index (κ2) is 5.34. The first-order valence-corrected chi connectivity index (χ1v) is 6.65. The fraction of sp³-hybridized carbons (Fsp3) is 0.538. The van der Waals surface area contributed by atoms with Crippen molar-refractivity contribution in [3.05, 3.63) is 24.1 Å². The van der Waals surface area contributed by atoms with Crippen LogP contribution in [0.15, 0.2) is 18.3 Å². The number of carbonyl (C=O) groups is 1. The van der Waals surface area contributed by atoms with E-state index in [4.69, 9.17) is 9.47 Å². The van der Waals surface area contributed by atoms with Crippen molar-refractivity contribution in [3.63, 3.8) is 0 Å². The van der Waals surface area contributed by atoms with Crippen LogP contribution in [-0.2, 0) is 9.47 Å². The lowest BCUT2D eigenvalue weighted by molar-refractivity contribution is -0.164. The molecule has 1 spiro atoms. The van der Waals surface area contributed by atoms with Gasteiger partial charge in [0.05, 0.1) is 25.5 Å². The van der Waals surface area contributed by atoms with Gasteiger partial charge in [-0.25, -0.2) is 14.2 Å². The smallest absolute Gasteiger partial charge is 0.320 e. The van der Waals surface area contributed by atoms with E-state index in [1.807, 2.05) is 0 Å². The van der Waals surface area contributed by atoms with Gasteiger partial charge in [-0.2, -0.15) is 0 Å². The predicted octanol–water partition coefficient (Wildman–Crippen LogP) is 1.64. The summed E-state index contributed by atoms with van der Waals surface area (Å²) in [6.45, 7) is 1.11. The summed E-state index contributed by atoms with van der Waals surface area (Å²) in [6, 6.07) is 2.07. The Kier molecular flexibility index (Phi) is 3.54.